The molecule has 1 heterocycles. The molecule has 0 aliphatic rings. The van der Waals surface area contributed by atoms with Gasteiger partial charge in [-0.3, -0.25) is 0 Å². The first-order valence-corrected chi connectivity index (χ1v) is 7.58. The molecule has 2 aromatic carbocycles. The molecular weight excluding hydrogens is 341 g/mol. The third-order valence-corrected chi connectivity index (χ3v) is 3.46. The Hall–Kier alpha value is -3.55. The van der Waals surface area contributed by atoms with Crippen LogP contribution < -0.4 is 4.74 Å². The predicted molar refractivity (Wildman–Crippen MR) is 89.6 cm³/mol. The van der Waals surface area contributed by atoms with Gasteiger partial charge in [0.2, 0.25) is 5.76 Å². The summed E-state index contributed by atoms with van der Waals surface area (Å²) in [5, 5.41) is 17.5. The van der Waals surface area contributed by atoms with E-state index in [1.807, 2.05) is 0 Å². The van der Waals surface area contributed by atoms with Crippen molar-refractivity contribution in [3.05, 3.63) is 65.3 Å². The van der Waals surface area contributed by atoms with Gasteiger partial charge in [-0.15, -0.1) is 5.11 Å². The van der Waals surface area contributed by atoms with Gasteiger partial charge in [-0.05, 0) is 49.2 Å². The van der Waals surface area contributed by atoms with Crippen LogP contribution in [0.4, 0.5) is 16.1 Å². The normalized spacial score (nSPS) is 11.0. The van der Waals surface area contributed by atoms with Crippen LogP contribution in [-0.2, 0) is 0 Å². The Morgan fingerprint density at radius 1 is 1.19 bits per heavy atom. The van der Waals surface area contributed by atoms with E-state index in [0.29, 0.717) is 16.8 Å². The fourth-order valence-electron chi connectivity index (χ4n) is 2.17. The highest BCUT2D eigenvalue weighted by Crippen LogP contribution is 2.28. The zero-order chi connectivity index (χ0) is 18.7. The maximum absolute atomic E-state index is 13.5. The molecule has 8 heteroatoms. The third-order valence-electron chi connectivity index (χ3n) is 3.46. The van der Waals surface area contributed by atoms with E-state index in [4.69, 9.17) is 9.15 Å². The van der Waals surface area contributed by atoms with Gasteiger partial charge in [0.05, 0.1) is 11.9 Å². The minimum atomic E-state index is -0.902. The van der Waals surface area contributed by atoms with Gasteiger partial charge in [0, 0.05) is 0 Å². The van der Waals surface area contributed by atoms with Crippen LogP contribution in [0.25, 0.3) is 0 Å². The van der Waals surface area contributed by atoms with E-state index in [9.17, 15) is 14.3 Å². The van der Waals surface area contributed by atoms with Crippen molar-refractivity contribution in [3.63, 3.8) is 0 Å². The van der Waals surface area contributed by atoms with E-state index in [1.165, 1.54) is 24.3 Å². The van der Waals surface area contributed by atoms with Gasteiger partial charge >= 0.3 is 12.0 Å². The van der Waals surface area contributed by atoms with Crippen LogP contribution >= 0.6 is 0 Å². The molecule has 0 aliphatic carbocycles. The van der Waals surface area contributed by atoms with Gasteiger partial charge in [0.1, 0.15) is 5.75 Å². The number of carbonyl (C=O) groups excluding carboxylic acids is 1. The second-order valence-corrected chi connectivity index (χ2v) is 5.46. The van der Waals surface area contributed by atoms with Gasteiger partial charge in [-0.2, -0.15) is 4.98 Å². The summed E-state index contributed by atoms with van der Waals surface area (Å²) in [4.78, 5) is 15.8. The molecule has 0 saturated carbocycles. The fraction of sp³-hybridized carbons (Fsp3) is 0.111. The number of benzene rings is 2. The van der Waals surface area contributed by atoms with Crippen molar-refractivity contribution in [2.45, 2.75) is 13.8 Å². The fourth-order valence-corrected chi connectivity index (χ4v) is 2.17. The summed E-state index contributed by atoms with van der Waals surface area (Å²) >= 11 is 0. The van der Waals surface area contributed by atoms with Crippen LogP contribution in [-0.4, -0.2) is 16.1 Å². The van der Waals surface area contributed by atoms with Crippen molar-refractivity contribution in [3.8, 4) is 11.5 Å². The molecule has 1 aromatic heterocycles. The molecule has 0 aliphatic heterocycles. The van der Waals surface area contributed by atoms with Crippen molar-refractivity contribution < 1.29 is 23.4 Å². The number of aromatic hydroxyl groups is 1. The zero-order valence-electron chi connectivity index (χ0n) is 13.9. The van der Waals surface area contributed by atoms with Crippen molar-refractivity contribution in [2.24, 2.45) is 10.2 Å². The number of aryl methyl sites for hydroxylation is 2. The number of rotatable bonds is 4. The molecule has 0 amide bonds. The monoisotopic (exact) mass is 355 g/mol. The lowest BCUT2D eigenvalue weighted by Gasteiger charge is -2.03. The first-order chi connectivity index (χ1) is 12.4. The molecule has 0 bridgehead atoms. The van der Waals surface area contributed by atoms with E-state index in [-0.39, 0.29) is 23.3 Å². The number of hydrogen-bond acceptors (Lipinski definition) is 7. The zero-order valence-corrected chi connectivity index (χ0v) is 13.9. The largest absolute Gasteiger partial charge is 0.507 e. The maximum atomic E-state index is 13.5. The summed E-state index contributed by atoms with van der Waals surface area (Å²) in [6, 6.07) is 8.63. The first-order valence-electron chi connectivity index (χ1n) is 7.58. The molecular formula is C18H14FN3O4. The number of esters is 1. The van der Waals surface area contributed by atoms with E-state index >= 15 is 0 Å². The summed E-state index contributed by atoms with van der Waals surface area (Å²) < 4.78 is 23.5. The molecule has 132 valence electrons. The molecule has 0 saturated heterocycles. The SMILES string of the molecule is Cc1cc(/N=N/c2ncc(C(=O)Oc3ccccc3F)o2)cc(C)c1O. The third kappa shape index (κ3) is 3.75. The molecule has 3 rings (SSSR count). The number of aromatic nitrogens is 1. The number of carbonyl (C=O) groups is 1. The lowest BCUT2D eigenvalue weighted by molar-refractivity contribution is 0.0695. The Balaban J connectivity index is 1.73. The Labute approximate surface area is 147 Å². The van der Waals surface area contributed by atoms with Gasteiger partial charge in [0.15, 0.2) is 11.6 Å². The standard InChI is InChI=1S/C18H14FN3O4/c1-10-7-12(8-11(2)16(10)23)21-22-18-20-9-15(26-18)17(24)25-14-6-4-3-5-13(14)19/h3-9,23H,1-2H3/b22-21+. The lowest BCUT2D eigenvalue weighted by Crippen LogP contribution is -2.08. The van der Waals surface area contributed by atoms with E-state index in [2.05, 4.69) is 15.2 Å². The van der Waals surface area contributed by atoms with E-state index < -0.39 is 11.8 Å². The Morgan fingerprint density at radius 2 is 1.88 bits per heavy atom. The molecule has 0 radical (unpaired) electrons. The molecule has 0 fully saturated rings. The number of azo groups is 1. The van der Waals surface area contributed by atoms with E-state index in [1.54, 1.807) is 26.0 Å². The molecule has 3 aromatic rings. The van der Waals surface area contributed by atoms with Crippen LogP contribution in [0.5, 0.6) is 11.5 Å². The van der Waals surface area contributed by atoms with Crippen molar-refractivity contribution in [1.82, 2.24) is 4.98 Å². The molecule has 1 N–H and O–H groups in total. The highest BCUT2D eigenvalue weighted by atomic mass is 19.1. The Kier molecular flexibility index (Phi) is 4.74. The van der Waals surface area contributed by atoms with Crippen LogP contribution in [0.15, 0.2) is 57.2 Å². The van der Waals surface area contributed by atoms with E-state index in [0.717, 1.165) is 6.20 Å². The predicted octanol–water partition coefficient (Wildman–Crippen LogP) is 4.77. The van der Waals surface area contributed by atoms with Crippen LogP contribution in [0.2, 0.25) is 0 Å². The van der Waals surface area contributed by atoms with Gasteiger partial charge in [-0.25, -0.2) is 9.18 Å². The highest BCUT2D eigenvalue weighted by molar-refractivity contribution is 5.88. The summed E-state index contributed by atoms with van der Waals surface area (Å²) in [7, 11) is 0. The van der Waals surface area contributed by atoms with Crippen molar-refractivity contribution in [1.29, 1.82) is 0 Å². The number of oxazole rings is 1. The Bertz CT molecular complexity index is 975. The average Bonchev–Trinajstić information content (AvgIpc) is 3.09. The number of hydrogen-bond donors (Lipinski definition) is 1. The summed E-state index contributed by atoms with van der Waals surface area (Å²) in [5.74, 6) is -1.83. The molecule has 26 heavy (non-hydrogen) atoms. The molecule has 7 nitrogen and oxygen atoms in total. The van der Waals surface area contributed by atoms with Crippen LogP contribution in [0.3, 0.4) is 0 Å². The molecule has 0 atom stereocenters. The summed E-state index contributed by atoms with van der Waals surface area (Å²) in [6.07, 6.45) is 1.12. The van der Waals surface area contributed by atoms with Gasteiger partial charge in [-0.1, -0.05) is 17.2 Å². The molecule has 0 unspecified atom stereocenters. The number of halogens is 1. The van der Waals surface area contributed by atoms with Crippen LogP contribution in [0, 0.1) is 19.7 Å². The summed E-state index contributed by atoms with van der Waals surface area (Å²) in [6.45, 7) is 3.48. The van der Waals surface area contributed by atoms with Crippen molar-refractivity contribution >= 4 is 17.7 Å². The lowest BCUT2D eigenvalue weighted by atomic mass is 10.1. The minimum absolute atomic E-state index is 0.158. The highest BCUT2D eigenvalue weighted by Gasteiger charge is 2.16. The minimum Gasteiger partial charge on any atom is -0.507 e. The second kappa shape index (κ2) is 7.14. The van der Waals surface area contributed by atoms with Gasteiger partial charge in [0.25, 0.3) is 0 Å². The number of para-hydroxylation sites is 1. The number of nitrogens with zero attached hydrogens (tertiary/aromatic N) is 3. The van der Waals surface area contributed by atoms with Crippen LogP contribution in [0.1, 0.15) is 21.7 Å². The first kappa shape index (κ1) is 17.3. The summed E-state index contributed by atoms with van der Waals surface area (Å²) in [5.41, 5.74) is 1.80. The number of phenolic OH excluding ortho intramolecular Hbond substituents is 1. The Morgan fingerprint density at radius 3 is 2.58 bits per heavy atom. The average molecular weight is 355 g/mol. The smallest absolute Gasteiger partial charge is 0.381 e. The second-order valence-electron chi connectivity index (χ2n) is 5.46. The molecule has 0 spiro atoms. The number of phenols is 1. The van der Waals surface area contributed by atoms with Gasteiger partial charge < -0.3 is 14.3 Å². The quantitative estimate of drug-likeness (QED) is 0.413. The topological polar surface area (TPSA) is 97.3 Å². The van der Waals surface area contributed by atoms with Crippen molar-refractivity contribution in [2.75, 3.05) is 0 Å². The maximum Gasteiger partial charge on any atom is 0.381 e. The number of ether oxygens (including phenoxy) is 1.